The Morgan fingerprint density at radius 1 is 0.914 bits per heavy atom. The van der Waals surface area contributed by atoms with Crippen molar-refractivity contribution in [1.29, 1.82) is 0 Å². The average Bonchev–Trinajstić information content (AvgIpc) is 3.21. The van der Waals surface area contributed by atoms with E-state index in [1.807, 2.05) is 108 Å². The first-order valence-electron chi connectivity index (χ1n) is 11.8. The van der Waals surface area contributed by atoms with E-state index in [1.165, 1.54) is 0 Å². The van der Waals surface area contributed by atoms with E-state index in [-0.39, 0.29) is 11.8 Å². The summed E-state index contributed by atoms with van der Waals surface area (Å²) in [6.07, 6.45) is 0.731. The quantitative estimate of drug-likeness (QED) is 0.427. The molecule has 2 heterocycles. The van der Waals surface area contributed by atoms with Gasteiger partial charge in [0.25, 0.3) is 11.8 Å². The number of aromatic nitrogens is 2. The molecule has 6 nitrogen and oxygen atoms in total. The van der Waals surface area contributed by atoms with Gasteiger partial charge in [0.2, 0.25) is 0 Å². The van der Waals surface area contributed by atoms with E-state index in [0.29, 0.717) is 30.8 Å². The lowest BCUT2D eigenvalue weighted by molar-refractivity contribution is 0.0732. The number of aryl methyl sites for hydroxylation is 2. The van der Waals surface area contributed by atoms with Gasteiger partial charge < -0.3 is 9.80 Å². The van der Waals surface area contributed by atoms with E-state index in [2.05, 4.69) is 0 Å². The molecule has 0 fully saturated rings. The van der Waals surface area contributed by atoms with Gasteiger partial charge in [-0.15, -0.1) is 0 Å². The van der Waals surface area contributed by atoms with Gasteiger partial charge >= 0.3 is 0 Å². The molecule has 1 aromatic heterocycles. The molecule has 0 bridgehead atoms. The van der Waals surface area contributed by atoms with Crippen LogP contribution in [0.15, 0.2) is 84.9 Å². The molecule has 1 aliphatic heterocycles. The van der Waals surface area contributed by atoms with Gasteiger partial charge in [0.1, 0.15) is 0 Å². The standard InChI is InChI=1S/C29H28N4O2/c1-21-10-9-13-23(18-21)28(34)32-17-16-27-25(19-32)26(30-31(27)2)20-33(24-14-7-4-8-15-24)29(35)22-11-5-3-6-12-22/h3-15,18H,16-17,19-20H2,1-2H3. The first kappa shape index (κ1) is 22.6. The van der Waals surface area contributed by atoms with Crippen LogP contribution in [0, 0.1) is 6.92 Å². The van der Waals surface area contributed by atoms with Crippen LogP contribution in [0.5, 0.6) is 0 Å². The number of benzene rings is 3. The average molecular weight is 465 g/mol. The van der Waals surface area contributed by atoms with Crippen LogP contribution in [0.3, 0.4) is 0 Å². The van der Waals surface area contributed by atoms with E-state index in [9.17, 15) is 9.59 Å². The zero-order valence-electron chi connectivity index (χ0n) is 20.0. The van der Waals surface area contributed by atoms with Crippen LogP contribution in [-0.2, 0) is 26.6 Å². The zero-order chi connectivity index (χ0) is 24.4. The van der Waals surface area contributed by atoms with Crippen LogP contribution < -0.4 is 4.90 Å². The molecule has 2 amide bonds. The molecule has 5 rings (SSSR count). The van der Waals surface area contributed by atoms with Crippen molar-refractivity contribution in [3.05, 3.63) is 119 Å². The monoisotopic (exact) mass is 464 g/mol. The van der Waals surface area contributed by atoms with E-state index in [0.717, 1.165) is 34.6 Å². The van der Waals surface area contributed by atoms with Crippen molar-refractivity contribution in [2.45, 2.75) is 26.4 Å². The van der Waals surface area contributed by atoms with Gasteiger partial charge in [-0.25, -0.2) is 0 Å². The minimum atomic E-state index is -0.0836. The highest BCUT2D eigenvalue weighted by Crippen LogP contribution is 2.27. The third-order valence-corrected chi connectivity index (χ3v) is 6.52. The number of amides is 2. The lowest BCUT2D eigenvalue weighted by Gasteiger charge is -2.29. The number of carbonyl (C=O) groups is 2. The lowest BCUT2D eigenvalue weighted by atomic mass is 10.0. The van der Waals surface area contributed by atoms with Crippen molar-refractivity contribution in [3.8, 4) is 0 Å². The summed E-state index contributed by atoms with van der Waals surface area (Å²) in [4.78, 5) is 30.4. The van der Waals surface area contributed by atoms with Crippen molar-refractivity contribution >= 4 is 17.5 Å². The molecular weight excluding hydrogens is 436 g/mol. The molecule has 0 spiro atoms. The fourth-order valence-corrected chi connectivity index (χ4v) is 4.71. The number of anilines is 1. The summed E-state index contributed by atoms with van der Waals surface area (Å²) < 4.78 is 1.90. The molecule has 0 radical (unpaired) electrons. The summed E-state index contributed by atoms with van der Waals surface area (Å²) in [5.74, 6) is -0.0610. The van der Waals surface area contributed by atoms with Gasteiger partial charge in [0.05, 0.1) is 12.2 Å². The first-order valence-corrected chi connectivity index (χ1v) is 11.8. The van der Waals surface area contributed by atoms with Gasteiger partial charge in [-0.3, -0.25) is 14.3 Å². The fourth-order valence-electron chi connectivity index (χ4n) is 4.71. The topological polar surface area (TPSA) is 58.4 Å². The molecule has 35 heavy (non-hydrogen) atoms. The Morgan fingerprint density at radius 2 is 1.60 bits per heavy atom. The van der Waals surface area contributed by atoms with Gasteiger partial charge in [0.15, 0.2) is 0 Å². The molecule has 0 N–H and O–H groups in total. The highest BCUT2D eigenvalue weighted by Gasteiger charge is 2.29. The molecule has 6 heteroatoms. The summed E-state index contributed by atoms with van der Waals surface area (Å²) in [5, 5.41) is 4.80. The lowest BCUT2D eigenvalue weighted by Crippen LogP contribution is -2.37. The molecule has 176 valence electrons. The Labute approximate surface area is 205 Å². The third kappa shape index (κ3) is 4.60. The molecule has 0 unspecified atom stereocenters. The maximum Gasteiger partial charge on any atom is 0.258 e. The fraction of sp³-hybridized carbons (Fsp3) is 0.207. The van der Waals surface area contributed by atoms with Crippen LogP contribution in [0.2, 0.25) is 0 Å². The van der Waals surface area contributed by atoms with Crippen LogP contribution in [-0.4, -0.2) is 33.0 Å². The number of carbonyl (C=O) groups excluding carboxylic acids is 2. The number of hydrogen-bond donors (Lipinski definition) is 0. The number of rotatable bonds is 5. The molecule has 0 saturated carbocycles. The molecular formula is C29H28N4O2. The van der Waals surface area contributed by atoms with Gasteiger partial charge in [-0.1, -0.05) is 54.1 Å². The van der Waals surface area contributed by atoms with Gasteiger partial charge in [-0.2, -0.15) is 5.10 Å². The summed E-state index contributed by atoms with van der Waals surface area (Å²) in [6, 6.07) is 26.7. The predicted molar refractivity (Wildman–Crippen MR) is 136 cm³/mol. The van der Waals surface area contributed by atoms with E-state index in [4.69, 9.17) is 5.10 Å². The number of nitrogens with zero attached hydrogens (tertiary/aromatic N) is 4. The van der Waals surface area contributed by atoms with Gasteiger partial charge in [-0.05, 0) is 43.3 Å². The molecule has 0 aliphatic carbocycles. The number of hydrogen-bond acceptors (Lipinski definition) is 3. The SMILES string of the molecule is Cc1cccc(C(=O)N2CCc3c(c(CN(C(=O)c4ccccc4)c4ccccc4)nn3C)C2)c1. The third-order valence-electron chi connectivity index (χ3n) is 6.52. The second-order valence-corrected chi connectivity index (χ2v) is 8.93. The van der Waals surface area contributed by atoms with Crippen LogP contribution in [0.1, 0.15) is 43.2 Å². The van der Waals surface area contributed by atoms with Crippen molar-refractivity contribution in [2.24, 2.45) is 7.05 Å². The number of para-hydroxylation sites is 1. The first-order chi connectivity index (χ1) is 17.0. The Balaban J connectivity index is 1.46. The normalized spacial score (nSPS) is 12.8. The summed E-state index contributed by atoms with van der Waals surface area (Å²) in [7, 11) is 1.94. The highest BCUT2D eigenvalue weighted by molar-refractivity contribution is 6.06. The Kier molecular flexibility index (Phi) is 6.19. The molecule has 0 saturated heterocycles. The van der Waals surface area contributed by atoms with Crippen molar-refractivity contribution in [1.82, 2.24) is 14.7 Å². The van der Waals surface area contributed by atoms with Crippen molar-refractivity contribution in [3.63, 3.8) is 0 Å². The maximum absolute atomic E-state index is 13.5. The Hall–Kier alpha value is -4.19. The Bertz CT molecular complexity index is 1360. The zero-order valence-corrected chi connectivity index (χ0v) is 20.0. The smallest absolute Gasteiger partial charge is 0.258 e. The number of fused-ring (bicyclic) bond motifs is 1. The highest BCUT2D eigenvalue weighted by atomic mass is 16.2. The van der Waals surface area contributed by atoms with Crippen molar-refractivity contribution in [2.75, 3.05) is 11.4 Å². The van der Waals surface area contributed by atoms with Crippen LogP contribution >= 0.6 is 0 Å². The molecule has 3 aromatic carbocycles. The largest absolute Gasteiger partial charge is 0.334 e. The second kappa shape index (κ2) is 9.58. The molecule has 4 aromatic rings. The molecule has 0 atom stereocenters. The molecule has 1 aliphatic rings. The predicted octanol–water partition coefficient (Wildman–Crippen LogP) is 4.77. The maximum atomic E-state index is 13.5. The van der Waals surface area contributed by atoms with E-state index in [1.54, 1.807) is 4.90 Å². The summed E-state index contributed by atoms with van der Waals surface area (Å²) >= 11 is 0. The summed E-state index contributed by atoms with van der Waals surface area (Å²) in [6.45, 7) is 3.44. The van der Waals surface area contributed by atoms with E-state index < -0.39 is 0 Å². The Morgan fingerprint density at radius 3 is 2.31 bits per heavy atom. The minimum absolute atomic E-state index is 0.0226. The van der Waals surface area contributed by atoms with Crippen LogP contribution in [0.25, 0.3) is 0 Å². The minimum Gasteiger partial charge on any atom is -0.334 e. The van der Waals surface area contributed by atoms with Gasteiger partial charge in [0, 0.05) is 54.6 Å². The second-order valence-electron chi connectivity index (χ2n) is 8.93. The summed E-state index contributed by atoms with van der Waals surface area (Å²) in [5.41, 5.74) is 6.16. The van der Waals surface area contributed by atoms with Crippen LogP contribution in [0.4, 0.5) is 5.69 Å². The van der Waals surface area contributed by atoms with E-state index >= 15 is 0 Å². The van der Waals surface area contributed by atoms with Crippen molar-refractivity contribution < 1.29 is 9.59 Å².